The summed E-state index contributed by atoms with van der Waals surface area (Å²) in [6, 6.07) is 8.81. The van der Waals surface area contributed by atoms with Crippen LogP contribution in [0, 0.1) is 12.7 Å². The molecule has 0 aliphatic heterocycles. The van der Waals surface area contributed by atoms with Crippen molar-refractivity contribution in [2.45, 2.75) is 11.8 Å². The zero-order valence-corrected chi connectivity index (χ0v) is 12.9. The minimum Gasteiger partial charge on any atom is -0.492 e. The van der Waals surface area contributed by atoms with E-state index in [9.17, 15) is 12.8 Å². The van der Waals surface area contributed by atoms with Crippen LogP contribution in [0.1, 0.15) is 5.56 Å². The van der Waals surface area contributed by atoms with Gasteiger partial charge in [-0.2, -0.15) is 0 Å². The van der Waals surface area contributed by atoms with Gasteiger partial charge in [-0.05, 0) is 31.2 Å². The zero-order valence-electron chi connectivity index (χ0n) is 11.4. The molecule has 0 fully saturated rings. The topological polar surface area (TPSA) is 55.4 Å². The molecule has 0 aliphatic carbocycles. The maximum atomic E-state index is 14.1. The minimum atomic E-state index is -3.88. The third kappa shape index (κ3) is 3.28. The summed E-state index contributed by atoms with van der Waals surface area (Å²) in [5, 5.41) is 0.0632. The molecular formula is C14H13ClFNO3S. The molecule has 0 saturated heterocycles. The number of methoxy groups -OCH3 is 1. The first-order valence-electron chi connectivity index (χ1n) is 5.96. The van der Waals surface area contributed by atoms with Gasteiger partial charge in [0.25, 0.3) is 10.0 Å². The van der Waals surface area contributed by atoms with Crippen molar-refractivity contribution in [2.24, 2.45) is 0 Å². The molecule has 0 radical (unpaired) electrons. The minimum absolute atomic E-state index is 0.0430. The van der Waals surface area contributed by atoms with Gasteiger partial charge in [0.2, 0.25) is 0 Å². The van der Waals surface area contributed by atoms with Crippen molar-refractivity contribution < 1.29 is 17.5 Å². The molecule has 2 aromatic rings. The first-order chi connectivity index (χ1) is 9.85. The Hall–Kier alpha value is -1.79. The average Bonchev–Trinajstić information content (AvgIpc) is 2.43. The molecule has 2 aromatic carbocycles. The fourth-order valence-electron chi connectivity index (χ4n) is 1.72. The zero-order chi connectivity index (χ0) is 15.6. The number of halogens is 2. The van der Waals surface area contributed by atoms with Gasteiger partial charge in [0, 0.05) is 0 Å². The second-order valence-electron chi connectivity index (χ2n) is 4.36. The Kier molecular flexibility index (Phi) is 4.39. The van der Waals surface area contributed by atoms with E-state index in [2.05, 4.69) is 4.72 Å². The number of hydrogen-bond donors (Lipinski definition) is 1. The molecule has 0 bridgehead atoms. The number of hydrogen-bond acceptors (Lipinski definition) is 3. The van der Waals surface area contributed by atoms with Gasteiger partial charge in [0.15, 0.2) is 11.6 Å². The Morgan fingerprint density at radius 3 is 2.33 bits per heavy atom. The SMILES string of the molecule is COc1c(Cl)ccc(NS(=O)(=O)c2ccc(C)cc2)c1F. The summed E-state index contributed by atoms with van der Waals surface area (Å²) in [4.78, 5) is 0.0430. The third-order valence-electron chi connectivity index (χ3n) is 2.83. The number of sulfonamides is 1. The van der Waals surface area contributed by atoms with Crippen LogP contribution in [0.4, 0.5) is 10.1 Å². The van der Waals surface area contributed by atoms with Gasteiger partial charge in [-0.25, -0.2) is 12.8 Å². The van der Waals surface area contributed by atoms with Crippen molar-refractivity contribution in [3.63, 3.8) is 0 Å². The first-order valence-corrected chi connectivity index (χ1v) is 7.83. The fraction of sp³-hybridized carbons (Fsp3) is 0.143. The van der Waals surface area contributed by atoms with Crippen molar-refractivity contribution in [3.8, 4) is 5.75 Å². The molecule has 7 heteroatoms. The smallest absolute Gasteiger partial charge is 0.261 e. The highest BCUT2D eigenvalue weighted by atomic mass is 35.5. The number of benzene rings is 2. The maximum absolute atomic E-state index is 14.1. The highest BCUT2D eigenvalue weighted by molar-refractivity contribution is 7.92. The van der Waals surface area contributed by atoms with Crippen molar-refractivity contribution >= 4 is 27.3 Å². The standard InChI is InChI=1S/C14H13ClFNO3S/c1-9-3-5-10(6-4-9)21(18,19)17-12-8-7-11(15)14(20-2)13(12)16/h3-8,17H,1-2H3. The number of rotatable bonds is 4. The Bertz CT molecular complexity index is 761. The molecule has 0 aliphatic rings. The van der Waals surface area contributed by atoms with Gasteiger partial charge in [-0.3, -0.25) is 4.72 Å². The van der Waals surface area contributed by atoms with Crippen LogP contribution >= 0.6 is 11.6 Å². The van der Waals surface area contributed by atoms with Crippen molar-refractivity contribution in [1.82, 2.24) is 0 Å². The van der Waals surface area contributed by atoms with Gasteiger partial charge < -0.3 is 4.74 Å². The molecule has 21 heavy (non-hydrogen) atoms. The average molecular weight is 330 g/mol. The van der Waals surface area contributed by atoms with Crippen LogP contribution < -0.4 is 9.46 Å². The van der Waals surface area contributed by atoms with Gasteiger partial charge in [0.05, 0.1) is 22.7 Å². The summed E-state index contributed by atoms with van der Waals surface area (Å²) in [6.45, 7) is 1.84. The van der Waals surface area contributed by atoms with E-state index >= 15 is 0 Å². The highest BCUT2D eigenvalue weighted by Crippen LogP contribution is 2.33. The molecule has 0 heterocycles. The molecule has 112 valence electrons. The first kappa shape index (κ1) is 15.6. The van der Waals surface area contributed by atoms with Crippen LogP contribution in [0.15, 0.2) is 41.3 Å². The van der Waals surface area contributed by atoms with Gasteiger partial charge in [-0.15, -0.1) is 0 Å². The fourth-order valence-corrected chi connectivity index (χ4v) is 3.00. The largest absolute Gasteiger partial charge is 0.492 e. The van der Waals surface area contributed by atoms with E-state index in [4.69, 9.17) is 16.3 Å². The molecule has 0 unspecified atom stereocenters. The molecule has 0 amide bonds. The second kappa shape index (κ2) is 5.91. The maximum Gasteiger partial charge on any atom is 0.261 e. The third-order valence-corrected chi connectivity index (χ3v) is 4.51. The molecule has 1 N–H and O–H groups in total. The molecule has 4 nitrogen and oxygen atoms in total. The summed E-state index contributed by atoms with van der Waals surface area (Å²) in [5.74, 6) is -1.07. The van der Waals surface area contributed by atoms with E-state index in [1.807, 2.05) is 6.92 Å². The molecular weight excluding hydrogens is 317 g/mol. The molecule has 0 spiro atoms. The van der Waals surface area contributed by atoms with Gasteiger partial charge in [-0.1, -0.05) is 29.3 Å². The van der Waals surface area contributed by atoms with Gasteiger partial charge in [0.1, 0.15) is 0 Å². The second-order valence-corrected chi connectivity index (χ2v) is 6.45. The quantitative estimate of drug-likeness (QED) is 0.932. The van der Waals surface area contributed by atoms with Crippen molar-refractivity contribution in [3.05, 3.63) is 52.8 Å². The van der Waals surface area contributed by atoms with Crippen LogP contribution in [0.5, 0.6) is 5.75 Å². The van der Waals surface area contributed by atoms with Crippen LogP contribution in [0.2, 0.25) is 5.02 Å². The van der Waals surface area contributed by atoms with Crippen molar-refractivity contribution in [2.75, 3.05) is 11.8 Å². The van der Waals surface area contributed by atoms with E-state index in [1.165, 1.54) is 31.4 Å². The van der Waals surface area contributed by atoms with Crippen LogP contribution in [0.3, 0.4) is 0 Å². The number of anilines is 1. The summed E-state index contributed by atoms with van der Waals surface area (Å²) in [7, 11) is -2.63. The van der Waals surface area contributed by atoms with E-state index in [-0.39, 0.29) is 21.4 Å². The van der Waals surface area contributed by atoms with E-state index in [1.54, 1.807) is 12.1 Å². The lowest BCUT2D eigenvalue weighted by Crippen LogP contribution is -2.14. The summed E-state index contributed by atoms with van der Waals surface area (Å²) in [5.41, 5.74) is 0.699. The van der Waals surface area contributed by atoms with Crippen molar-refractivity contribution in [1.29, 1.82) is 0 Å². The molecule has 0 atom stereocenters. The lowest BCUT2D eigenvalue weighted by Gasteiger charge is -2.12. The molecule has 0 saturated carbocycles. The van der Waals surface area contributed by atoms with E-state index in [0.29, 0.717) is 0 Å². The number of aryl methyl sites for hydroxylation is 1. The lowest BCUT2D eigenvalue weighted by molar-refractivity contribution is 0.388. The summed E-state index contributed by atoms with van der Waals surface area (Å²) < 4.78 is 45.5. The summed E-state index contributed by atoms with van der Waals surface area (Å²) >= 11 is 5.77. The van der Waals surface area contributed by atoms with Crippen LogP contribution in [-0.2, 0) is 10.0 Å². The normalized spacial score (nSPS) is 11.2. The van der Waals surface area contributed by atoms with Crippen LogP contribution in [-0.4, -0.2) is 15.5 Å². The van der Waals surface area contributed by atoms with E-state index < -0.39 is 15.8 Å². The molecule has 2 rings (SSSR count). The highest BCUT2D eigenvalue weighted by Gasteiger charge is 2.19. The Morgan fingerprint density at radius 2 is 1.76 bits per heavy atom. The Balaban J connectivity index is 2.39. The summed E-state index contributed by atoms with van der Waals surface area (Å²) in [6.07, 6.45) is 0. The predicted octanol–water partition coefficient (Wildman–Crippen LogP) is 3.60. The number of ether oxygens (including phenoxy) is 1. The van der Waals surface area contributed by atoms with E-state index in [0.717, 1.165) is 5.56 Å². The Labute approximate surface area is 127 Å². The van der Waals surface area contributed by atoms with Crippen LogP contribution in [0.25, 0.3) is 0 Å². The lowest BCUT2D eigenvalue weighted by atomic mass is 10.2. The number of nitrogens with one attached hydrogen (secondary N) is 1. The monoisotopic (exact) mass is 329 g/mol. The van der Waals surface area contributed by atoms with Gasteiger partial charge >= 0.3 is 0 Å². The molecule has 0 aromatic heterocycles. The predicted molar refractivity (Wildman–Crippen MR) is 79.9 cm³/mol. The Morgan fingerprint density at radius 1 is 1.14 bits per heavy atom.